The van der Waals surface area contributed by atoms with Crippen LogP contribution in [0.1, 0.15) is 51.7 Å². The molecule has 0 aliphatic heterocycles. The van der Waals surface area contributed by atoms with E-state index >= 15 is 0 Å². The summed E-state index contributed by atoms with van der Waals surface area (Å²) in [6.45, 7) is 6.08. The lowest BCUT2D eigenvalue weighted by atomic mass is 10.0. The number of thiazole rings is 1. The molecule has 0 aliphatic carbocycles. The van der Waals surface area contributed by atoms with Crippen molar-refractivity contribution in [3.05, 3.63) is 70.2 Å². The molecule has 0 aliphatic rings. The Balaban J connectivity index is 1.75. The minimum Gasteiger partial charge on any atom is -0.366 e. The number of aryl methyl sites for hydroxylation is 1. The van der Waals surface area contributed by atoms with E-state index in [9.17, 15) is 9.59 Å². The number of rotatable bonds is 5. The van der Waals surface area contributed by atoms with E-state index < -0.39 is 5.91 Å². The van der Waals surface area contributed by atoms with Crippen molar-refractivity contribution < 1.29 is 9.59 Å². The van der Waals surface area contributed by atoms with Crippen LogP contribution in [0.15, 0.2) is 47.8 Å². The fraction of sp³-hybridized carbons (Fsp3) is 0.190. The van der Waals surface area contributed by atoms with Crippen LogP contribution < -0.4 is 11.1 Å². The Kier molecular flexibility index (Phi) is 5.37. The molecule has 3 aromatic rings. The van der Waals surface area contributed by atoms with Crippen molar-refractivity contribution in [2.45, 2.75) is 26.7 Å². The molecular formula is C21H21N3O2S. The van der Waals surface area contributed by atoms with Crippen molar-refractivity contribution in [1.82, 2.24) is 4.98 Å². The quantitative estimate of drug-likeness (QED) is 0.680. The van der Waals surface area contributed by atoms with Crippen LogP contribution >= 0.6 is 11.3 Å². The molecule has 2 aromatic carbocycles. The number of amides is 2. The Labute approximate surface area is 162 Å². The largest absolute Gasteiger partial charge is 0.366 e. The molecule has 0 atom stereocenters. The highest BCUT2D eigenvalue weighted by molar-refractivity contribution is 7.13. The highest BCUT2D eigenvalue weighted by Gasteiger charge is 2.13. The molecular weight excluding hydrogens is 358 g/mol. The first-order valence-corrected chi connectivity index (χ1v) is 9.51. The van der Waals surface area contributed by atoms with E-state index in [0.717, 1.165) is 10.6 Å². The number of primary amides is 1. The molecule has 0 radical (unpaired) electrons. The van der Waals surface area contributed by atoms with Gasteiger partial charge in [0.25, 0.3) is 5.91 Å². The summed E-state index contributed by atoms with van der Waals surface area (Å²) in [5, 5.41) is 5.35. The third-order valence-electron chi connectivity index (χ3n) is 4.31. The molecule has 6 heteroatoms. The Bertz CT molecular complexity index is 991. The minimum atomic E-state index is -0.488. The van der Waals surface area contributed by atoms with Crippen LogP contribution in [-0.4, -0.2) is 16.8 Å². The van der Waals surface area contributed by atoms with Crippen LogP contribution in [0, 0.1) is 6.92 Å². The molecule has 0 spiro atoms. The molecule has 0 unspecified atom stereocenters. The van der Waals surface area contributed by atoms with Gasteiger partial charge in [-0.2, -0.15) is 0 Å². The second-order valence-corrected chi connectivity index (χ2v) is 7.52. The van der Waals surface area contributed by atoms with E-state index in [-0.39, 0.29) is 5.91 Å². The Morgan fingerprint density at radius 1 is 1.11 bits per heavy atom. The van der Waals surface area contributed by atoms with Gasteiger partial charge in [-0.25, -0.2) is 4.98 Å². The molecule has 5 nitrogen and oxygen atoms in total. The van der Waals surface area contributed by atoms with Crippen molar-refractivity contribution in [3.63, 3.8) is 0 Å². The molecule has 27 heavy (non-hydrogen) atoms. The van der Waals surface area contributed by atoms with E-state index in [2.05, 4.69) is 36.3 Å². The average molecular weight is 379 g/mol. The van der Waals surface area contributed by atoms with Gasteiger partial charge >= 0.3 is 0 Å². The Morgan fingerprint density at radius 2 is 1.81 bits per heavy atom. The number of carbonyl (C=O) groups is 2. The average Bonchev–Trinajstić information content (AvgIpc) is 3.12. The molecule has 2 amide bonds. The molecule has 1 aromatic heterocycles. The zero-order valence-electron chi connectivity index (χ0n) is 15.4. The normalized spacial score (nSPS) is 10.8. The van der Waals surface area contributed by atoms with E-state index in [4.69, 9.17) is 5.73 Å². The number of hydrogen-bond donors (Lipinski definition) is 2. The lowest BCUT2D eigenvalue weighted by molar-refractivity contribution is 0.0997. The van der Waals surface area contributed by atoms with Gasteiger partial charge in [0.15, 0.2) is 0 Å². The lowest BCUT2D eigenvalue weighted by Crippen LogP contribution is -2.15. The number of hydrogen-bond acceptors (Lipinski definition) is 4. The molecule has 0 bridgehead atoms. The molecule has 3 rings (SSSR count). The van der Waals surface area contributed by atoms with Crippen molar-refractivity contribution in [2.75, 3.05) is 5.32 Å². The first-order valence-electron chi connectivity index (χ1n) is 8.63. The lowest BCUT2D eigenvalue weighted by Gasteiger charge is -2.07. The number of nitrogens with zero attached hydrogens (tertiary/aromatic N) is 1. The van der Waals surface area contributed by atoms with Gasteiger partial charge in [-0.1, -0.05) is 38.1 Å². The minimum absolute atomic E-state index is 0.289. The summed E-state index contributed by atoms with van der Waals surface area (Å²) in [5.74, 6) is -0.304. The maximum absolute atomic E-state index is 12.5. The van der Waals surface area contributed by atoms with E-state index in [1.54, 1.807) is 30.5 Å². The first kappa shape index (κ1) is 18.8. The molecule has 0 saturated heterocycles. The van der Waals surface area contributed by atoms with Gasteiger partial charge in [0, 0.05) is 22.2 Å². The summed E-state index contributed by atoms with van der Waals surface area (Å²) in [6.07, 6.45) is 0. The second-order valence-electron chi connectivity index (χ2n) is 6.66. The van der Waals surface area contributed by atoms with Gasteiger partial charge in [-0.3, -0.25) is 9.59 Å². The van der Waals surface area contributed by atoms with Gasteiger partial charge in [0.1, 0.15) is 10.7 Å². The number of nitrogens with two attached hydrogens (primary N) is 1. The van der Waals surface area contributed by atoms with E-state index in [1.807, 2.05) is 12.1 Å². The van der Waals surface area contributed by atoms with Crippen molar-refractivity contribution in [3.8, 4) is 10.6 Å². The van der Waals surface area contributed by atoms with Crippen LogP contribution in [0.25, 0.3) is 10.6 Å². The van der Waals surface area contributed by atoms with Gasteiger partial charge in [0.05, 0.1) is 0 Å². The van der Waals surface area contributed by atoms with Gasteiger partial charge in [0.2, 0.25) is 5.91 Å². The maximum atomic E-state index is 12.5. The molecule has 1 heterocycles. The standard InChI is InChI=1S/C21H21N3O2S/c1-12(2)14-4-6-15(7-5-14)21-24-18(11-27-21)20(26)23-16-8-9-17(19(22)25)13(3)10-16/h4-12H,1-3H3,(H2,22,25)(H,23,26). The van der Waals surface area contributed by atoms with Crippen molar-refractivity contribution in [1.29, 1.82) is 0 Å². The van der Waals surface area contributed by atoms with Crippen LogP contribution in [-0.2, 0) is 0 Å². The van der Waals surface area contributed by atoms with E-state index in [1.165, 1.54) is 16.9 Å². The second kappa shape index (κ2) is 7.72. The summed E-state index contributed by atoms with van der Waals surface area (Å²) in [7, 11) is 0. The number of nitrogens with one attached hydrogen (secondary N) is 1. The third-order valence-corrected chi connectivity index (χ3v) is 5.20. The number of aromatic nitrogens is 1. The summed E-state index contributed by atoms with van der Waals surface area (Å²) in [5.41, 5.74) is 9.67. The molecule has 3 N–H and O–H groups in total. The fourth-order valence-corrected chi connectivity index (χ4v) is 3.54. The van der Waals surface area contributed by atoms with Gasteiger partial charge in [-0.05, 0) is 42.2 Å². The third kappa shape index (κ3) is 4.23. The Hall–Kier alpha value is -2.99. The van der Waals surface area contributed by atoms with Crippen LogP contribution in [0.3, 0.4) is 0 Å². The van der Waals surface area contributed by atoms with Crippen LogP contribution in [0.2, 0.25) is 0 Å². The summed E-state index contributed by atoms with van der Waals surface area (Å²) >= 11 is 1.43. The zero-order chi connectivity index (χ0) is 19.6. The zero-order valence-corrected chi connectivity index (χ0v) is 16.3. The Morgan fingerprint density at radius 3 is 2.41 bits per heavy atom. The number of benzene rings is 2. The van der Waals surface area contributed by atoms with Crippen molar-refractivity contribution in [2.24, 2.45) is 5.73 Å². The first-order chi connectivity index (χ1) is 12.8. The number of carbonyl (C=O) groups excluding carboxylic acids is 2. The maximum Gasteiger partial charge on any atom is 0.275 e. The molecule has 138 valence electrons. The predicted molar refractivity (Wildman–Crippen MR) is 109 cm³/mol. The topological polar surface area (TPSA) is 85.1 Å². The smallest absolute Gasteiger partial charge is 0.275 e. The van der Waals surface area contributed by atoms with Gasteiger partial charge < -0.3 is 11.1 Å². The summed E-state index contributed by atoms with van der Waals surface area (Å²) in [6, 6.07) is 13.2. The van der Waals surface area contributed by atoms with Crippen LogP contribution in [0.5, 0.6) is 0 Å². The summed E-state index contributed by atoms with van der Waals surface area (Å²) in [4.78, 5) is 28.2. The molecule has 0 fully saturated rings. The monoisotopic (exact) mass is 379 g/mol. The highest BCUT2D eigenvalue weighted by Crippen LogP contribution is 2.26. The SMILES string of the molecule is Cc1cc(NC(=O)c2csc(-c3ccc(C(C)C)cc3)n2)ccc1C(N)=O. The highest BCUT2D eigenvalue weighted by atomic mass is 32.1. The van der Waals surface area contributed by atoms with E-state index in [0.29, 0.717) is 28.4 Å². The van der Waals surface area contributed by atoms with Crippen molar-refractivity contribution >= 4 is 28.8 Å². The fourth-order valence-electron chi connectivity index (χ4n) is 2.73. The van der Waals surface area contributed by atoms with Gasteiger partial charge in [-0.15, -0.1) is 11.3 Å². The predicted octanol–water partition coefficient (Wildman–Crippen LogP) is 4.59. The summed E-state index contributed by atoms with van der Waals surface area (Å²) < 4.78 is 0. The number of anilines is 1. The molecule has 0 saturated carbocycles. The van der Waals surface area contributed by atoms with Crippen LogP contribution in [0.4, 0.5) is 5.69 Å².